The molecule has 0 rings (SSSR count). The van der Waals surface area contributed by atoms with E-state index in [9.17, 15) is 43.2 Å². The summed E-state index contributed by atoms with van der Waals surface area (Å²) in [7, 11) is -9.90. The van der Waals surface area contributed by atoms with E-state index in [0.29, 0.717) is 25.7 Å². The molecular weight excluding hydrogens is 1200 g/mol. The molecule has 91 heavy (non-hydrogen) atoms. The molecule has 0 bridgehead atoms. The molecule has 3 N–H and O–H groups in total. The summed E-state index contributed by atoms with van der Waals surface area (Å²) in [5.74, 6) is -2.12. The van der Waals surface area contributed by atoms with E-state index >= 15 is 0 Å². The minimum absolute atomic E-state index is 0.108. The van der Waals surface area contributed by atoms with Gasteiger partial charge in [-0.25, -0.2) is 9.13 Å². The quantitative estimate of drug-likeness (QED) is 0.0222. The van der Waals surface area contributed by atoms with Crippen LogP contribution in [0.15, 0.2) is 0 Å². The lowest BCUT2D eigenvalue weighted by Gasteiger charge is -2.21. The lowest BCUT2D eigenvalue weighted by molar-refractivity contribution is -0.161. The molecule has 0 heterocycles. The fourth-order valence-electron chi connectivity index (χ4n) is 11.0. The first-order valence-electron chi connectivity index (χ1n) is 37.8. The van der Waals surface area contributed by atoms with Crippen molar-refractivity contribution in [2.45, 2.75) is 399 Å². The zero-order valence-corrected chi connectivity index (χ0v) is 60.6. The number of carbonyl (C=O) groups is 4. The summed E-state index contributed by atoms with van der Waals surface area (Å²) in [5, 5.41) is 10.6. The fourth-order valence-corrected chi connectivity index (χ4v) is 12.6. The van der Waals surface area contributed by atoms with Crippen molar-refractivity contribution in [1.82, 2.24) is 0 Å². The van der Waals surface area contributed by atoms with E-state index in [1.807, 2.05) is 0 Å². The summed E-state index contributed by atoms with van der Waals surface area (Å²) in [6.07, 6.45) is 55.5. The topological polar surface area (TPSA) is 237 Å². The van der Waals surface area contributed by atoms with Gasteiger partial charge in [0.1, 0.15) is 19.3 Å². The number of carbonyl (C=O) groups excluding carboxylic acids is 4. The van der Waals surface area contributed by atoms with Gasteiger partial charge >= 0.3 is 39.5 Å². The Bertz CT molecular complexity index is 1740. The second-order valence-corrected chi connectivity index (χ2v) is 28.9. The van der Waals surface area contributed by atoms with Crippen LogP contribution in [0.5, 0.6) is 0 Å². The molecule has 0 aliphatic carbocycles. The lowest BCUT2D eigenvalue weighted by Crippen LogP contribution is -2.30. The lowest BCUT2D eigenvalue weighted by atomic mass is 10.0. The molecule has 5 atom stereocenters. The molecule has 0 aromatic rings. The number of ether oxygens (including phenoxy) is 4. The van der Waals surface area contributed by atoms with Gasteiger partial charge in [-0.05, 0) is 25.7 Å². The van der Waals surface area contributed by atoms with Crippen molar-refractivity contribution in [1.29, 1.82) is 0 Å². The summed E-state index contributed by atoms with van der Waals surface area (Å²) in [5.41, 5.74) is 0. The molecule has 17 nitrogen and oxygen atoms in total. The SMILES string of the molecule is CCCCCCCCCCCCCCCCCCC(=O)O[C@H](COC(=O)CCCCCCCCCCCCCCCC)COP(=O)(O)OC[C@@H](O)COP(=O)(O)OC[C@@H](COC(=O)CCCCCCCCC)OC(=O)CCCCCCCCCCCCCCCC. The van der Waals surface area contributed by atoms with Gasteiger partial charge in [-0.3, -0.25) is 37.3 Å². The minimum atomic E-state index is -4.95. The summed E-state index contributed by atoms with van der Waals surface area (Å²) in [6, 6.07) is 0. The largest absolute Gasteiger partial charge is 0.472 e. The van der Waals surface area contributed by atoms with Crippen molar-refractivity contribution in [2.75, 3.05) is 39.6 Å². The van der Waals surface area contributed by atoms with Crippen LogP contribution in [-0.2, 0) is 65.4 Å². The molecule has 0 spiro atoms. The summed E-state index contributed by atoms with van der Waals surface area (Å²) >= 11 is 0. The van der Waals surface area contributed by atoms with Crippen molar-refractivity contribution in [3.63, 3.8) is 0 Å². The summed E-state index contributed by atoms with van der Waals surface area (Å²) in [4.78, 5) is 72.5. The standard InChI is InChI=1S/C72H140O17P2/c1-5-9-13-17-21-24-27-30-33-34-37-40-43-47-51-55-59-72(77)89-68(63-83-70(75)57-53-49-45-41-38-35-31-28-25-22-18-14-10-6-2)65-87-91(80,81)85-61-66(73)60-84-90(78,79)86-64-67(62-82-69(74)56-52-48-44-20-16-12-8-4)88-71(76)58-54-50-46-42-39-36-32-29-26-23-19-15-11-7-3/h66-68,73H,5-65H2,1-4H3,(H,78,79)(H,80,81)/t66-,67+,68+/m0/s1. The third-order valence-corrected chi connectivity index (χ3v) is 18.8. The van der Waals surface area contributed by atoms with Crippen LogP contribution in [0.1, 0.15) is 381 Å². The Hall–Kier alpha value is -1.94. The van der Waals surface area contributed by atoms with Crippen molar-refractivity contribution in [2.24, 2.45) is 0 Å². The summed E-state index contributed by atoms with van der Waals surface area (Å²) in [6.45, 7) is 4.93. The predicted molar refractivity (Wildman–Crippen MR) is 368 cm³/mol. The van der Waals surface area contributed by atoms with Crippen LogP contribution in [0.4, 0.5) is 0 Å². The van der Waals surface area contributed by atoms with Gasteiger partial charge in [-0.15, -0.1) is 0 Å². The minimum Gasteiger partial charge on any atom is -0.462 e. The third-order valence-electron chi connectivity index (χ3n) is 16.9. The van der Waals surface area contributed by atoms with Gasteiger partial charge in [0.2, 0.25) is 0 Å². The first-order chi connectivity index (χ1) is 44.2. The Morgan fingerprint density at radius 2 is 0.440 bits per heavy atom. The van der Waals surface area contributed by atoms with Crippen molar-refractivity contribution in [3.8, 4) is 0 Å². The number of phosphoric acid groups is 2. The maximum Gasteiger partial charge on any atom is 0.472 e. The first kappa shape index (κ1) is 89.1. The Labute approximate surface area is 556 Å². The fraction of sp³-hybridized carbons (Fsp3) is 0.944. The normalized spacial score (nSPS) is 14.0. The van der Waals surface area contributed by atoms with E-state index < -0.39 is 97.5 Å². The van der Waals surface area contributed by atoms with E-state index in [1.54, 1.807) is 0 Å². The molecule has 0 aromatic carbocycles. The van der Waals surface area contributed by atoms with Crippen molar-refractivity contribution in [3.05, 3.63) is 0 Å². The predicted octanol–water partition coefficient (Wildman–Crippen LogP) is 21.1. The zero-order valence-electron chi connectivity index (χ0n) is 58.8. The molecular formula is C72H140O17P2. The summed E-state index contributed by atoms with van der Waals surface area (Å²) < 4.78 is 68.3. The van der Waals surface area contributed by atoms with Crippen LogP contribution in [0.2, 0.25) is 0 Å². The van der Waals surface area contributed by atoms with Gasteiger partial charge in [-0.2, -0.15) is 0 Å². The monoisotopic (exact) mass is 1340 g/mol. The highest BCUT2D eigenvalue weighted by molar-refractivity contribution is 7.47. The molecule has 0 radical (unpaired) electrons. The highest BCUT2D eigenvalue weighted by Gasteiger charge is 2.30. The Balaban J connectivity index is 5.20. The van der Waals surface area contributed by atoms with Gasteiger partial charge in [0.25, 0.3) is 0 Å². The van der Waals surface area contributed by atoms with Gasteiger partial charge in [0, 0.05) is 25.7 Å². The van der Waals surface area contributed by atoms with E-state index in [1.165, 1.54) is 199 Å². The van der Waals surface area contributed by atoms with E-state index in [-0.39, 0.29) is 25.7 Å². The molecule has 0 aromatic heterocycles. The maximum absolute atomic E-state index is 13.0. The Morgan fingerprint density at radius 1 is 0.264 bits per heavy atom. The number of esters is 4. The Morgan fingerprint density at radius 3 is 0.648 bits per heavy atom. The molecule has 0 fully saturated rings. The average molecular weight is 1340 g/mol. The number of aliphatic hydroxyl groups is 1. The molecule has 0 aliphatic heterocycles. The number of phosphoric ester groups is 2. The molecule has 540 valence electrons. The average Bonchev–Trinajstić information content (AvgIpc) is 3.72. The third kappa shape index (κ3) is 66.5. The maximum atomic E-state index is 13.0. The molecule has 19 heteroatoms. The number of hydrogen-bond donors (Lipinski definition) is 3. The first-order valence-corrected chi connectivity index (χ1v) is 40.8. The van der Waals surface area contributed by atoms with Crippen LogP contribution in [0.3, 0.4) is 0 Å². The van der Waals surface area contributed by atoms with Crippen molar-refractivity contribution < 1.29 is 80.2 Å². The van der Waals surface area contributed by atoms with E-state index in [0.717, 1.165) is 103 Å². The van der Waals surface area contributed by atoms with Crippen LogP contribution >= 0.6 is 15.6 Å². The van der Waals surface area contributed by atoms with Crippen molar-refractivity contribution >= 4 is 39.5 Å². The number of aliphatic hydroxyl groups excluding tert-OH is 1. The molecule has 0 saturated carbocycles. The zero-order chi connectivity index (χ0) is 66.8. The van der Waals surface area contributed by atoms with Gasteiger partial charge in [-0.1, -0.05) is 329 Å². The van der Waals surface area contributed by atoms with Gasteiger partial charge in [0.05, 0.1) is 26.4 Å². The molecule has 0 saturated heterocycles. The number of unbranched alkanes of at least 4 members (excludes halogenated alkanes) is 47. The van der Waals surface area contributed by atoms with Crippen LogP contribution in [0.25, 0.3) is 0 Å². The molecule has 0 amide bonds. The molecule has 0 aliphatic rings. The highest BCUT2D eigenvalue weighted by atomic mass is 31.2. The van der Waals surface area contributed by atoms with Gasteiger partial charge in [0.15, 0.2) is 12.2 Å². The number of rotatable bonds is 73. The smallest absolute Gasteiger partial charge is 0.462 e. The number of hydrogen-bond acceptors (Lipinski definition) is 15. The van der Waals surface area contributed by atoms with E-state index in [4.69, 9.17) is 37.0 Å². The van der Waals surface area contributed by atoms with E-state index in [2.05, 4.69) is 27.7 Å². The second kappa shape index (κ2) is 66.7. The van der Waals surface area contributed by atoms with Crippen LogP contribution in [-0.4, -0.2) is 96.7 Å². The van der Waals surface area contributed by atoms with Gasteiger partial charge < -0.3 is 33.8 Å². The molecule has 2 unspecified atom stereocenters. The van der Waals surface area contributed by atoms with Crippen LogP contribution < -0.4 is 0 Å². The Kier molecular flexibility index (Phi) is 65.2. The highest BCUT2D eigenvalue weighted by Crippen LogP contribution is 2.45. The second-order valence-electron chi connectivity index (χ2n) is 26.0. The van der Waals surface area contributed by atoms with Crippen LogP contribution in [0, 0.1) is 0 Å².